The van der Waals surface area contributed by atoms with Crippen LogP contribution in [0.1, 0.15) is 59.5 Å². The third-order valence-electron chi connectivity index (χ3n) is 6.96. The minimum absolute atomic E-state index is 0.0514. The molecule has 32 heavy (non-hydrogen) atoms. The van der Waals surface area contributed by atoms with Crippen LogP contribution >= 0.6 is 0 Å². The van der Waals surface area contributed by atoms with Gasteiger partial charge in [0.1, 0.15) is 17.1 Å². The van der Waals surface area contributed by atoms with Crippen LogP contribution in [0.4, 0.5) is 0 Å². The van der Waals surface area contributed by atoms with Gasteiger partial charge < -0.3 is 20.5 Å². The van der Waals surface area contributed by atoms with E-state index in [9.17, 15) is 19.2 Å². The average molecular weight is 443 g/mol. The number of piperidine rings is 2. The summed E-state index contributed by atoms with van der Waals surface area (Å²) in [6.07, 6.45) is 4.52. The number of carbonyl (C=O) groups is 4. The molecule has 0 atom stereocenters. The smallest absolute Gasteiger partial charge is 0.270 e. The number of nitrogens with two attached hydrogens (primary N) is 1. The fourth-order valence-corrected chi connectivity index (χ4v) is 4.99. The van der Waals surface area contributed by atoms with Crippen molar-refractivity contribution in [1.82, 2.24) is 19.8 Å². The van der Waals surface area contributed by atoms with Crippen molar-refractivity contribution in [3.8, 4) is 0 Å². The van der Waals surface area contributed by atoms with E-state index in [1.54, 1.807) is 13.1 Å². The van der Waals surface area contributed by atoms with E-state index in [1.807, 2.05) is 9.80 Å². The van der Waals surface area contributed by atoms with Gasteiger partial charge in [0.25, 0.3) is 17.7 Å². The van der Waals surface area contributed by atoms with Crippen molar-refractivity contribution in [2.75, 3.05) is 33.2 Å². The zero-order chi connectivity index (χ0) is 22.8. The van der Waals surface area contributed by atoms with Crippen molar-refractivity contribution in [3.63, 3.8) is 0 Å². The van der Waals surface area contributed by atoms with Gasteiger partial charge in [-0.15, -0.1) is 0 Å². The summed E-state index contributed by atoms with van der Waals surface area (Å²) in [7, 11) is 1.59. The lowest BCUT2D eigenvalue weighted by atomic mass is 9.78. The molecule has 1 aromatic heterocycles. The van der Waals surface area contributed by atoms with Gasteiger partial charge >= 0.3 is 0 Å². The number of hydrazone groups is 1. The van der Waals surface area contributed by atoms with Crippen LogP contribution in [-0.2, 0) is 9.59 Å². The molecule has 0 radical (unpaired) electrons. The number of aromatic nitrogens is 1. The molecule has 10 nitrogen and oxygen atoms in total. The fourth-order valence-electron chi connectivity index (χ4n) is 4.99. The van der Waals surface area contributed by atoms with Gasteiger partial charge in [-0.25, -0.2) is 5.01 Å². The molecule has 2 fully saturated rings. The number of H-pyrrole nitrogens is 1. The topological polar surface area (TPSA) is 132 Å². The molecular formula is C22H30N6O4. The van der Waals surface area contributed by atoms with E-state index in [0.717, 1.165) is 25.7 Å². The molecule has 0 bridgehead atoms. The van der Waals surface area contributed by atoms with Crippen LogP contribution in [0, 0.1) is 11.8 Å². The number of carbonyl (C=O) groups excluding carboxylic acids is 4. The van der Waals surface area contributed by atoms with Crippen molar-refractivity contribution < 1.29 is 19.2 Å². The van der Waals surface area contributed by atoms with E-state index in [0.29, 0.717) is 62.3 Å². The van der Waals surface area contributed by atoms with E-state index in [2.05, 4.69) is 10.1 Å². The van der Waals surface area contributed by atoms with E-state index >= 15 is 0 Å². The molecule has 3 N–H and O–H groups in total. The van der Waals surface area contributed by atoms with Gasteiger partial charge in [-0.05, 0) is 49.7 Å². The van der Waals surface area contributed by atoms with E-state index in [1.165, 1.54) is 11.1 Å². The van der Waals surface area contributed by atoms with Gasteiger partial charge in [0.2, 0.25) is 5.91 Å². The first-order valence-electron chi connectivity index (χ1n) is 11.2. The van der Waals surface area contributed by atoms with Crippen LogP contribution in [0.5, 0.6) is 0 Å². The summed E-state index contributed by atoms with van der Waals surface area (Å²) in [5, 5.41) is 5.42. The maximum absolute atomic E-state index is 12.8. The molecule has 0 spiro atoms. The standard InChI is InChI=1S/C22H30N6O4/c1-26-19(29)5-4-18(25-26)22(32)28-12-8-15(9-13-28)14-6-10-27(11-7-14)21(31)17-3-2-16(24-17)20(23)30/h2-3,14-15,24H,4-13H2,1H3,(H2,23,30). The van der Waals surface area contributed by atoms with Crippen molar-refractivity contribution >= 4 is 29.3 Å². The molecule has 4 heterocycles. The number of nitrogens with one attached hydrogen (secondary N) is 1. The molecule has 4 amide bonds. The largest absolute Gasteiger partial charge is 0.364 e. The fraction of sp³-hybridized carbons (Fsp3) is 0.591. The second-order valence-corrected chi connectivity index (χ2v) is 8.87. The number of nitrogens with zero attached hydrogens (tertiary/aromatic N) is 4. The minimum atomic E-state index is -0.580. The molecule has 0 unspecified atom stereocenters. The molecular weight excluding hydrogens is 412 g/mol. The average Bonchev–Trinajstić information content (AvgIpc) is 3.31. The van der Waals surface area contributed by atoms with Gasteiger partial charge in [-0.3, -0.25) is 19.2 Å². The molecule has 4 rings (SSSR count). The van der Waals surface area contributed by atoms with Crippen molar-refractivity contribution in [3.05, 3.63) is 23.5 Å². The first-order valence-corrected chi connectivity index (χ1v) is 11.2. The van der Waals surface area contributed by atoms with E-state index < -0.39 is 5.91 Å². The number of primary amides is 1. The first kappa shape index (κ1) is 22.0. The van der Waals surface area contributed by atoms with Crippen molar-refractivity contribution in [1.29, 1.82) is 0 Å². The molecule has 0 saturated carbocycles. The third-order valence-corrected chi connectivity index (χ3v) is 6.96. The summed E-state index contributed by atoms with van der Waals surface area (Å²) < 4.78 is 0. The summed E-state index contributed by atoms with van der Waals surface area (Å²) in [4.78, 5) is 54.8. The van der Waals surface area contributed by atoms with Gasteiger partial charge in [0, 0.05) is 46.1 Å². The van der Waals surface area contributed by atoms with Crippen molar-refractivity contribution in [2.24, 2.45) is 22.7 Å². The third kappa shape index (κ3) is 4.53. The van der Waals surface area contributed by atoms with Crippen LogP contribution in [0.3, 0.4) is 0 Å². The molecule has 3 aliphatic heterocycles. The molecule has 3 aliphatic rings. The Hall–Kier alpha value is -3.17. The van der Waals surface area contributed by atoms with Gasteiger partial charge in [0.05, 0.1) is 0 Å². The summed E-state index contributed by atoms with van der Waals surface area (Å²) in [6.45, 7) is 2.78. The molecule has 1 aromatic rings. The zero-order valence-corrected chi connectivity index (χ0v) is 18.4. The van der Waals surface area contributed by atoms with E-state index in [-0.39, 0.29) is 23.4 Å². The Morgan fingerprint density at radius 2 is 1.44 bits per heavy atom. The molecule has 2 saturated heterocycles. The predicted molar refractivity (Wildman–Crippen MR) is 117 cm³/mol. The summed E-state index contributed by atoms with van der Waals surface area (Å²) >= 11 is 0. The maximum Gasteiger partial charge on any atom is 0.270 e. The Labute approximate surface area is 186 Å². The second-order valence-electron chi connectivity index (χ2n) is 8.87. The highest BCUT2D eigenvalue weighted by atomic mass is 16.2. The lowest BCUT2D eigenvalue weighted by Crippen LogP contribution is -2.46. The monoisotopic (exact) mass is 442 g/mol. The number of hydrogen-bond donors (Lipinski definition) is 2. The van der Waals surface area contributed by atoms with Crippen LogP contribution in [0.25, 0.3) is 0 Å². The highest BCUT2D eigenvalue weighted by Gasteiger charge is 2.34. The second kappa shape index (κ2) is 9.13. The van der Waals surface area contributed by atoms with E-state index in [4.69, 9.17) is 5.73 Å². The number of amides is 4. The lowest BCUT2D eigenvalue weighted by molar-refractivity contribution is -0.131. The normalized spacial score (nSPS) is 21.0. The van der Waals surface area contributed by atoms with Crippen LogP contribution < -0.4 is 5.73 Å². The Kier molecular flexibility index (Phi) is 6.29. The first-order chi connectivity index (χ1) is 15.3. The number of rotatable bonds is 4. The van der Waals surface area contributed by atoms with Crippen LogP contribution in [-0.4, -0.2) is 82.4 Å². The molecule has 0 aliphatic carbocycles. The van der Waals surface area contributed by atoms with Gasteiger partial charge in [0.15, 0.2) is 0 Å². The quantitative estimate of drug-likeness (QED) is 0.714. The minimum Gasteiger partial charge on any atom is -0.364 e. The Morgan fingerprint density at radius 3 is 1.94 bits per heavy atom. The predicted octanol–water partition coefficient (Wildman–Crippen LogP) is 0.813. The molecule has 10 heteroatoms. The van der Waals surface area contributed by atoms with Crippen molar-refractivity contribution in [2.45, 2.75) is 38.5 Å². The number of likely N-dealkylation sites (tertiary alicyclic amines) is 2. The zero-order valence-electron chi connectivity index (χ0n) is 18.4. The highest BCUT2D eigenvalue weighted by Crippen LogP contribution is 2.33. The SMILES string of the molecule is CN1N=C(C(=O)N2CCC(C3CCN(C(=O)c4ccc(C(N)=O)[nH]4)CC3)CC2)CCC1=O. The summed E-state index contributed by atoms with van der Waals surface area (Å²) in [5.41, 5.74) is 6.35. The highest BCUT2D eigenvalue weighted by molar-refractivity contribution is 6.39. The summed E-state index contributed by atoms with van der Waals surface area (Å²) in [6, 6.07) is 3.14. The maximum atomic E-state index is 12.8. The van der Waals surface area contributed by atoms with Gasteiger partial charge in [-0.2, -0.15) is 5.10 Å². The molecule has 0 aromatic carbocycles. The number of hydrogen-bond acceptors (Lipinski definition) is 5. The lowest BCUT2D eigenvalue weighted by Gasteiger charge is -2.40. The Morgan fingerprint density at radius 1 is 0.906 bits per heavy atom. The summed E-state index contributed by atoms with van der Waals surface area (Å²) in [5.74, 6) is 0.286. The number of aromatic amines is 1. The van der Waals surface area contributed by atoms with Gasteiger partial charge in [-0.1, -0.05) is 0 Å². The Balaban J connectivity index is 1.25. The Bertz CT molecular complexity index is 938. The molecule has 172 valence electrons. The van der Waals surface area contributed by atoms with Crippen LogP contribution in [0.15, 0.2) is 17.2 Å². The van der Waals surface area contributed by atoms with Crippen LogP contribution in [0.2, 0.25) is 0 Å².